The normalized spacial score (nSPS) is 10.8. The van der Waals surface area contributed by atoms with Crippen LogP contribution in [0.2, 0.25) is 0 Å². The first kappa shape index (κ1) is 26.9. The first-order chi connectivity index (χ1) is 13.2. The highest BCUT2D eigenvalue weighted by Gasteiger charge is 2.07. The van der Waals surface area contributed by atoms with Crippen LogP contribution in [0.4, 0.5) is 0 Å². The van der Waals surface area contributed by atoms with Crippen LogP contribution in [0.5, 0.6) is 0 Å². The number of aliphatic carboxylic acids is 1. The van der Waals surface area contributed by atoms with Crippen LogP contribution in [0.25, 0.3) is 0 Å². The number of hydrogen-bond donors (Lipinski definition) is 1. The fourth-order valence-electron chi connectivity index (χ4n) is 3.57. The lowest BCUT2D eigenvalue weighted by molar-refractivity contribution is -0.137. The van der Waals surface area contributed by atoms with Crippen LogP contribution in [0.3, 0.4) is 0 Å². The maximum absolute atomic E-state index is 10.8. The summed E-state index contributed by atoms with van der Waals surface area (Å²) in [6, 6.07) is 10.5. The van der Waals surface area contributed by atoms with Crippen molar-refractivity contribution in [2.24, 2.45) is 0 Å². The number of carboxylic acid groups (broad SMARTS) is 1. The molecule has 0 aliphatic heterocycles. The standard InChI is InChI=1S/C24H41NO2.ClH/c1-2-3-4-5-6-7-8-9-10-11-15-20-25(21-16-19-24(26)27)22-23-17-13-12-14-18-23;/h12-14,17-18H,2-11,15-16,19-22H2,1H3,(H,26,27);1H. The molecule has 0 aliphatic rings. The molecular weight excluding hydrogens is 370 g/mol. The number of hydrogen-bond acceptors (Lipinski definition) is 2. The van der Waals surface area contributed by atoms with E-state index in [0.29, 0.717) is 0 Å². The van der Waals surface area contributed by atoms with E-state index in [-0.39, 0.29) is 18.8 Å². The van der Waals surface area contributed by atoms with Gasteiger partial charge in [-0.3, -0.25) is 9.69 Å². The van der Waals surface area contributed by atoms with Gasteiger partial charge in [0.15, 0.2) is 0 Å². The van der Waals surface area contributed by atoms with Gasteiger partial charge in [0.25, 0.3) is 0 Å². The second kappa shape index (κ2) is 19.3. The third kappa shape index (κ3) is 15.9. The van der Waals surface area contributed by atoms with Crippen LogP contribution in [-0.2, 0) is 11.3 Å². The molecule has 0 unspecified atom stereocenters. The lowest BCUT2D eigenvalue weighted by atomic mass is 10.1. The number of carboxylic acids is 1. The van der Waals surface area contributed by atoms with Crippen LogP contribution < -0.4 is 0 Å². The van der Waals surface area contributed by atoms with E-state index in [1.807, 2.05) is 6.07 Å². The molecule has 4 heteroatoms. The van der Waals surface area contributed by atoms with Gasteiger partial charge < -0.3 is 5.11 Å². The van der Waals surface area contributed by atoms with E-state index in [0.717, 1.165) is 26.1 Å². The van der Waals surface area contributed by atoms with E-state index in [9.17, 15) is 4.79 Å². The molecule has 0 amide bonds. The maximum atomic E-state index is 10.8. The molecule has 0 radical (unpaired) electrons. The Balaban J connectivity index is 0.00000729. The number of nitrogens with zero attached hydrogens (tertiary/aromatic N) is 1. The van der Waals surface area contributed by atoms with Gasteiger partial charge in [-0.1, -0.05) is 101 Å². The summed E-state index contributed by atoms with van der Waals surface area (Å²) in [4.78, 5) is 13.2. The molecule has 0 atom stereocenters. The van der Waals surface area contributed by atoms with Crippen molar-refractivity contribution >= 4 is 18.4 Å². The fraction of sp³-hybridized carbons (Fsp3) is 0.708. The van der Waals surface area contributed by atoms with Crippen molar-refractivity contribution in [3.8, 4) is 0 Å². The summed E-state index contributed by atoms with van der Waals surface area (Å²) < 4.78 is 0. The minimum absolute atomic E-state index is 0. The van der Waals surface area contributed by atoms with Gasteiger partial charge in [0.05, 0.1) is 0 Å². The predicted octanol–water partition coefficient (Wildman–Crippen LogP) is 7.09. The summed E-state index contributed by atoms with van der Waals surface area (Å²) >= 11 is 0. The van der Waals surface area contributed by atoms with Gasteiger partial charge in [-0.2, -0.15) is 0 Å². The molecular formula is C24H42ClNO2. The molecule has 0 spiro atoms. The van der Waals surface area contributed by atoms with Gasteiger partial charge in [-0.25, -0.2) is 0 Å². The molecule has 0 saturated carbocycles. The number of benzene rings is 1. The average molecular weight is 412 g/mol. The smallest absolute Gasteiger partial charge is 0.303 e. The van der Waals surface area contributed by atoms with Crippen LogP contribution in [0.15, 0.2) is 30.3 Å². The van der Waals surface area contributed by atoms with E-state index in [2.05, 4.69) is 36.1 Å². The van der Waals surface area contributed by atoms with E-state index in [1.165, 1.54) is 76.2 Å². The second-order valence-electron chi connectivity index (χ2n) is 7.79. The highest BCUT2D eigenvalue weighted by molar-refractivity contribution is 5.85. The topological polar surface area (TPSA) is 40.5 Å². The largest absolute Gasteiger partial charge is 0.481 e. The summed E-state index contributed by atoms with van der Waals surface area (Å²) in [5.41, 5.74) is 1.32. The Morgan fingerprint density at radius 1 is 0.786 bits per heavy atom. The Kier molecular flexibility index (Phi) is 18.5. The molecule has 1 aromatic rings. The first-order valence-corrected chi connectivity index (χ1v) is 11.2. The van der Waals surface area contributed by atoms with E-state index in [4.69, 9.17) is 5.11 Å². The van der Waals surface area contributed by atoms with Gasteiger partial charge in [0, 0.05) is 13.0 Å². The van der Waals surface area contributed by atoms with Crippen molar-refractivity contribution in [3.05, 3.63) is 35.9 Å². The fourth-order valence-corrected chi connectivity index (χ4v) is 3.57. The van der Waals surface area contributed by atoms with Crippen molar-refractivity contribution in [2.45, 2.75) is 96.9 Å². The predicted molar refractivity (Wildman–Crippen MR) is 122 cm³/mol. The molecule has 0 fully saturated rings. The Morgan fingerprint density at radius 2 is 1.29 bits per heavy atom. The highest BCUT2D eigenvalue weighted by atomic mass is 35.5. The summed E-state index contributed by atoms with van der Waals surface area (Å²) in [5.74, 6) is -0.690. The van der Waals surface area contributed by atoms with Crippen LogP contribution in [-0.4, -0.2) is 29.1 Å². The van der Waals surface area contributed by atoms with Gasteiger partial charge in [0.1, 0.15) is 0 Å². The third-order valence-corrected chi connectivity index (χ3v) is 5.19. The monoisotopic (exact) mass is 411 g/mol. The van der Waals surface area contributed by atoms with Gasteiger partial charge >= 0.3 is 5.97 Å². The summed E-state index contributed by atoms with van der Waals surface area (Å²) in [6.45, 7) is 5.15. The van der Waals surface area contributed by atoms with E-state index >= 15 is 0 Å². The van der Waals surface area contributed by atoms with Crippen LogP contribution >= 0.6 is 12.4 Å². The van der Waals surface area contributed by atoms with Crippen molar-refractivity contribution in [1.29, 1.82) is 0 Å². The van der Waals surface area contributed by atoms with Gasteiger partial charge in [-0.05, 0) is 31.5 Å². The minimum atomic E-state index is -0.690. The number of carbonyl (C=O) groups is 1. The Hall–Kier alpha value is -1.06. The second-order valence-corrected chi connectivity index (χ2v) is 7.79. The first-order valence-electron chi connectivity index (χ1n) is 11.2. The highest BCUT2D eigenvalue weighted by Crippen LogP contribution is 2.13. The van der Waals surface area contributed by atoms with Crippen LogP contribution in [0.1, 0.15) is 96.0 Å². The van der Waals surface area contributed by atoms with Crippen molar-refractivity contribution in [3.63, 3.8) is 0 Å². The third-order valence-electron chi connectivity index (χ3n) is 5.19. The molecule has 0 aliphatic carbocycles. The molecule has 162 valence electrons. The number of unbranched alkanes of at least 4 members (excludes halogenated alkanes) is 10. The SMILES string of the molecule is CCCCCCCCCCCCCN(CCCC(=O)O)Cc1ccccc1.Cl. The minimum Gasteiger partial charge on any atom is -0.481 e. The average Bonchev–Trinajstić information content (AvgIpc) is 2.66. The molecule has 1 rings (SSSR count). The molecule has 0 aromatic heterocycles. The quantitative estimate of drug-likeness (QED) is 0.262. The van der Waals surface area contributed by atoms with Crippen molar-refractivity contribution in [2.75, 3.05) is 13.1 Å². The molecule has 1 N–H and O–H groups in total. The number of halogens is 1. The molecule has 0 bridgehead atoms. The lowest BCUT2D eigenvalue weighted by Crippen LogP contribution is -2.26. The summed E-state index contributed by atoms with van der Waals surface area (Å²) in [5, 5.41) is 8.87. The van der Waals surface area contributed by atoms with Crippen LogP contribution in [0, 0.1) is 0 Å². The Labute approximate surface area is 179 Å². The maximum Gasteiger partial charge on any atom is 0.303 e. The summed E-state index contributed by atoms with van der Waals surface area (Å²) in [6.07, 6.45) is 16.0. The van der Waals surface area contributed by atoms with E-state index < -0.39 is 5.97 Å². The van der Waals surface area contributed by atoms with Gasteiger partial charge in [0.2, 0.25) is 0 Å². The molecule has 3 nitrogen and oxygen atoms in total. The lowest BCUT2D eigenvalue weighted by Gasteiger charge is -2.22. The Morgan fingerprint density at radius 3 is 1.82 bits per heavy atom. The van der Waals surface area contributed by atoms with Crippen molar-refractivity contribution in [1.82, 2.24) is 4.90 Å². The molecule has 0 heterocycles. The van der Waals surface area contributed by atoms with Gasteiger partial charge in [-0.15, -0.1) is 12.4 Å². The Bertz CT molecular complexity index is 467. The summed E-state index contributed by atoms with van der Waals surface area (Å²) in [7, 11) is 0. The molecule has 0 saturated heterocycles. The van der Waals surface area contributed by atoms with E-state index in [1.54, 1.807) is 0 Å². The number of rotatable bonds is 18. The molecule has 28 heavy (non-hydrogen) atoms. The zero-order valence-electron chi connectivity index (χ0n) is 17.9. The van der Waals surface area contributed by atoms with Crippen molar-refractivity contribution < 1.29 is 9.90 Å². The molecule has 1 aromatic carbocycles. The zero-order chi connectivity index (χ0) is 19.6. The zero-order valence-corrected chi connectivity index (χ0v) is 18.7.